The molecule has 2 N–H and O–H groups in total. The maximum Gasteiger partial charge on any atom is 0.341 e. The highest BCUT2D eigenvalue weighted by atomic mass is 32.1. The van der Waals surface area contributed by atoms with Crippen molar-refractivity contribution in [1.29, 1.82) is 0 Å². The summed E-state index contributed by atoms with van der Waals surface area (Å²) >= 11 is 7.12. The lowest BCUT2D eigenvalue weighted by atomic mass is 9.96. The van der Waals surface area contributed by atoms with Crippen LogP contribution in [0.5, 0.6) is 0 Å². The second-order valence-corrected chi connectivity index (χ2v) is 9.75. The van der Waals surface area contributed by atoms with E-state index >= 15 is 0 Å². The number of hydrogen-bond acceptors (Lipinski definition) is 4. The van der Waals surface area contributed by atoms with Crippen LogP contribution >= 0.6 is 23.6 Å². The van der Waals surface area contributed by atoms with Crippen LogP contribution in [0.1, 0.15) is 72.4 Å². The summed E-state index contributed by atoms with van der Waals surface area (Å²) in [5.41, 5.74) is 4.90. The largest absolute Gasteiger partial charge is 0.462 e. The summed E-state index contributed by atoms with van der Waals surface area (Å²) in [5, 5.41) is 7.78. The lowest BCUT2D eigenvalue weighted by Crippen LogP contribution is -2.31. The summed E-state index contributed by atoms with van der Waals surface area (Å²) < 4.78 is 5.38. The van der Waals surface area contributed by atoms with E-state index in [0.29, 0.717) is 28.2 Å². The molecule has 0 spiro atoms. The summed E-state index contributed by atoms with van der Waals surface area (Å²) in [7, 11) is 0. The predicted molar refractivity (Wildman–Crippen MR) is 143 cm³/mol. The van der Waals surface area contributed by atoms with Gasteiger partial charge in [0.2, 0.25) is 0 Å². The highest BCUT2D eigenvalue weighted by Crippen LogP contribution is 2.40. The van der Waals surface area contributed by atoms with E-state index in [1.807, 2.05) is 44.2 Å². The third-order valence-electron chi connectivity index (χ3n) is 5.82. The van der Waals surface area contributed by atoms with E-state index in [-0.39, 0.29) is 12.0 Å². The molecule has 3 aromatic rings. The Balaban J connectivity index is 1.81. The van der Waals surface area contributed by atoms with Crippen molar-refractivity contribution in [2.75, 3.05) is 11.9 Å². The van der Waals surface area contributed by atoms with Crippen LogP contribution in [-0.4, -0.2) is 17.7 Å². The van der Waals surface area contributed by atoms with Gasteiger partial charge in [0.25, 0.3) is 0 Å². The first kappa shape index (κ1) is 24.9. The highest BCUT2D eigenvalue weighted by Gasteiger charge is 2.25. The molecule has 2 atom stereocenters. The van der Waals surface area contributed by atoms with Crippen LogP contribution in [0.2, 0.25) is 0 Å². The van der Waals surface area contributed by atoms with Gasteiger partial charge in [0, 0.05) is 10.4 Å². The fourth-order valence-corrected chi connectivity index (χ4v) is 5.16. The number of nitrogens with one attached hydrogen (secondary N) is 2. The lowest BCUT2D eigenvalue weighted by Gasteiger charge is -2.18. The van der Waals surface area contributed by atoms with Crippen LogP contribution in [0.25, 0.3) is 11.1 Å². The number of rotatable bonds is 8. The number of thiophene rings is 1. The molecule has 33 heavy (non-hydrogen) atoms. The van der Waals surface area contributed by atoms with Crippen LogP contribution < -0.4 is 10.6 Å². The zero-order valence-corrected chi connectivity index (χ0v) is 21.5. The Labute approximate surface area is 206 Å². The van der Waals surface area contributed by atoms with Gasteiger partial charge in [-0.05, 0) is 62.0 Å². The Morgan fingerprint density at radius 3 is 2.27 bits per heavy atom. The van der Waals surface area contributed by atoms with Gasteiger partial charge in [0.1, 0.15) is 10.6 Å². The Kier molecular flexibility index (Phi) is 8.64. The average molecular weight is 481 g/mol. The van der Waals surface area contributed by atoms with Gasteiger partial charge in [-0.25, -0.2) is 4.79 Å². The van der Waals surface area contributed by atoms with E-state index in [4.69, 9.17) is 17.0 Å². The summed E-state index contributed by atoms with van der Waals surface area (Å²) in [4.78, 5) is 13.9. The molecule has 0 radical (unpaired) electrons. The molecule has 0 bridgehead atoms. The van der Waals surface area contributed by atoms with Gasteiger partial charge in [-0.1, -0.05) is 68.4 Å². The molecular weight excluding hydrogens is 448 g/mol. The number of anilines is 1. The van der Waals surface area contributed by atoms with Crippen molar-refractivity contribution in [2.24, 2.45) is 0 Å². The van der Waals surface area contributed by atoms with Crippen LogP contribution in [0, 0.1) is 6.92 Å². The molecule has 4 nitrogen and oxygen atoms in total. The van der Waals surface area contributed by atoms with Crippen molar-refractivity contribution >= 4 is 39.6 Å². The Morgan fingerprint density at radius 2 is 1.67 bits per heavy atom. The number of carbonyl (C=O) groups is 1. The fourth-order valence-electron chi connectivity index (χ4n) is 3.75. The van der Waals surface area contributed by atoms with Crippen molar-refractivity contribution in [2.45, 2.75) is 53.0 Å². The molecule has 3 rings (SSSR count). The standard InChI is InChI=1S/C27H32N2O2S2/c1-6-17(3)20-13-15-21(16-14-20)18(4)28-27(32)29-25-24(26(30)31-7-2)23(19(5)33-25)22-11-9-8-10-12-22/h8-18H,6-7H2,1-5H3,(H2,28,29,32). The molecule has 0 saturated carbocycles. The van der Waals surface area contributed by atoms with Gasteiger partial charge < -0.3 is 15.4 Å². The molecule has 0 aliphatic rings. The Bertz CT molecular complexity index is 1090. The molecule has 6 heteroatoms. The Hall–Kier alpha value is -2.70. The van der Waals surface area contributed by atoms with Gasteiger partial charge in [0.15, 0.2) is 5.11 Å². The van der Waals surface area contributed by atoms with E-state index < -0.39 is 0 Å². The van der Waals surface area contributed by atoms with Gasteiger partial charge in [-0.15, -0.1) is 11.3 Å². The predicted octanol–water partition coefficient (Wildman–Crippen LogP) is 7.46. The van der Waals surface area contributed by atoms with Gasteiger partial charge in [-0.2, -0.15) is 0 Å². The second kappa shape index (κ2) is 11.4. The van der Waals surface area contributed by atoms with E-state index in [1.54, 1.807) is 0 Å². The first-order valence-electron chi connectivity index (χ1n) is 11.4. The molecule has 0 aliphatic carbocycles. The van der Waals surface area contributed by atoms with Crippen LogP contribution in [0.15, 0.2) is 54.6 Å². The quantitative estimate of drug-likeness (QED) is 0.259. The third kappa shape index (κ3) is 6.01. The van der Waals surface area contributed by atoms with Crippen molar-refractivity contribution in [1.82, 2.24) is 5.32 Å². The normalized spacial score (nSPS) is 12.6. The maximum atomic E-state index is 12.9. The fraction of sp³-hybridized carbons (Fsp3) is 0.333. The molecule has 2 unspecified atom stereocenters. The van der Waals surface area contributed by atoms with Crippen molar-refractivity contribution in [3.8, 4) is 11.1 Å². The van der Waals surface area contributed by atoms with Crippen LogP contribution in [0.4, 0.5) is 5.00 Å². The van der Waals surface area contributed by atoms with Gasteiger partial charge in [-0.3, -0.25) is 0 Å². The summed E-state index contributed by atoms with van der Waals surface area (Å²) in [6.07, 6.45) is 1.12. The van der Waals surface area contributed by atoms with Crippen molar-refractivity contribution in [3.05, 3.63) is 76.2 Å². The number of thiocarbonyl (C=S) groups is 1. The molecule has 0 aliphatic heterocycles. The first-order valence-corrected chi connectivity index (χ1v) is 12.6. The zero-order valence-electron chi connectivity index (χ0n) is 19.9. The minimum Gasteiger partial charge on any atom is -0.462 e. The monoisotopic (exact) mass is 480 g/mol. The van der Waals surface area contributed by atoms with Crippen LogP contribution in [-0.2, 0) is 4.74 Å². The smallest absolute Gasteiger partial charge is 0.341 e. The van der Waals surface area contributed by atoms with E-state index in [9.17, 15) is 4.79 Å². The van der Waals surface area contributed by atoms with Crippen molar-refractivity contribution < 1.29 is 9.53 Å². The third-order valence-corrected chi connectivity index (χ3v) is 7.06. The number of hydrogen-bond donors (Lipinski definition) is 2. The first-order chi connectivity index (χ1) is 15.8. The molecule has 174 valence electrons. The highest BCUT2D eigenvalue weighted by molar-refractivity contribution is 7.80. The molecule has 0 fully saturated rings. The van der Waals surface area contributed by atoms with Gasteiger partial charge >= 0.3 is 5.97 Å². The molecule has 1 heterocycles. The zero-order chi connectivity index (χ0) is 24.0. The summed E-state index contributed by atoms with van der Waals surface area (Å²) in [5.74, 6) is 0.201. The molecule has 1 aromatic heterocycles. The molecule has 0 saturated heterocycles. The van der Waals surface area contributed by atoms with Gasteiger partial charge in [0.05, 0.1) is 12.6 Å². The maximum absolute atomic E-state index is 12.9. The van der Waals surface area contributed by atoms with E-state index in [1.165, 1.54) is 16.9 Å². The number of esters is 1. The Morgan fingerprint density at radius 1 is 1.03 bits per heavy atom. The summed E-state index contributed by atoms with van der Waals surface area (Å²) in [6, 6.07) is 18.6. The minimum absolute atomic E-state index is 0.0247. The number of benzene rings is 2. The average Bonchev–Trinajstić information content (AvgIpc) is 3.14. The minimum atomic E-state index is -0.348. The molecule has 0 amide bonds. The number of aryl methyl sites for hydroxylation is 1. The number of carbonyl (C=O) groups excluding carboxylic acids is 1. The topological polar surface area (TPSA) is 50.4 Å². The van der Waals surface area contributed by atoms with E-state index in [0.717, 1.165) is 28.0 Å². The second-order valence-electron chi connectivity index (χ2n) is 8.12. The lowest BCUT2D eigenvalue weighted by molar-refractivity contribution is 0.0529. The van der Waals surface area contributed by atoms with Crippen LogP contribution in [0.3, 0.4) is 0 Å². The molecule has 2 aromatic carbocycles. The van der Waals surface area contributed by atoms with Crippen molar-refractivity contribution in [3.63, 3.8) is 0 Å². The number of ether oxygens (including phenoxy) is 1. The molecular formula is C27H32N2O2S2. The summed E-state index contributed by atoms with van der Waals surface area (Å²) in [6.45, 7) is 10.7. The SMILES string of the molecule is CCOC(=O)c1c(NC(=S)NC(C)c2ccc(C(C)CC)cc2)sc(C)c1-c1ccccc1. The van der Waals surface area contributed by atoms with E-state index in [2.05, 4.69) is 55.7 Å².